The Morgan fingerprint density at radius 3 is 2.16 bits per heavy atom. The van der Waals surface area contributed by atoms with Crippen LogP contribution in [0.25, 0.3) is 0 Å². The van der Waals surface area contributed by atoms with E-state index in [1.807, 2.05) is 0 Å². The zero-order valence-corrected chi connectivity index (χ0v) is 45.3. The van der Waals surface area contributed by atoms with E-state index in [0.717, 1.165) is 80.4 Å². The Balaban J connectivity index is 1.28. The van der Waals surface area contributed by atoms with E-state index in [2.05, 4.69) is 97.7 Å². The standard InChI is InChI=1S/C59H107NO3Si/c1-12-15-16-17-18-19-20-21-22-23-24-25-26-27-30-33-57(63-64(10,11)61-46-32-29-28-31-45-60(9)44-13-2)62-52-40-42-58(7)51(47-52)36-37-53-55-39-38-54(59(55,8)43-41-56(53)58)49(6)34-35-50(14-3)48(4)5/h2,21-22,36,48-50,52-57H,12,14-20,23-35,37-47H2,1,3-11H3/b22-21-. The molecule has 64 heavy (non-hydrogen) atoms. The average Bonchev–Trinajstić information content (AvgIpc) is 3.62. The van der Waals surface area contributed by atoms with E-state index in [1.165, 1.54) is 167 Å². The number of terminal acetylenes is 1. The number of nitrogens with zero attached hydrogens (tertiary/aromatic N) is 1. The first-order valence-electron chi connectivity index (χ1n) is 28.2. The van der Waals surface area contributed by atoms with Crippen LogP contribution in [-0.2, 0) is 13.6 Å². The topological polar surface area (TPSA) is 30.9 Å². The molecule has 4 rings (SSSR count). The molecule has 4 aliphatic rings. The van der Waals surface area contributed by atoms with Gasteiger partial charge in [-0.3, -0.25) is 4.90 Å². The van der Waals surface area contributed by atoms with Crippen molar-refractivity contribution >= 4 is 8.56 Å². The summed E-state index contributed by atoms with van der Waals surface area (Å²) in [6, 6.07) is 0. The lowest BCUT2D eigenvalue weighted by molar-refractivity contribution is -0.150. The number of unbranched alkanes of at least 4 members (excludes halogenated alkanes) is 14. The fraction of sp³-hybridized carbons (Fsp3) is 0.898. The molecular formula is C59H107NO3Si. The predicted molar refractivity (Wildman–Crippen MR) is 280 cm³/mol. The molecule has 3 saturated carbocycles. The lowest BCUT2D eigenvalue weighted by atomic mass is 9.47. The van der Waals surface area contributed by atoms with Gasteiger partial charge in [-0.25, -0.2) is 0 Å². The molecule has 0 spiro atoms. The molecule has 3 fully saturated rings. The molecular weight excluding hydrogens is 799 g/mol. The number of allylic oxidation sites excluding steroid dienone is 3. The SMILES string of the molecule is C#CCN(C)CCCCCCO[Si](C)(C)OC(CCCCCCC/C=C\CCCCCCCC)OC1CCC2(C)C(=CCC3C2CCC2(C)C(C(C)CCC(CC)C(C)C)CCC32)C1. The van der Waals surface area contributed by atoms with Crippen molar-refractivity contribution in [2.75, 3.05) is 26.7 Å². The molecule has 4 aliphatic carbocycles. The second kappa shape index (κ2) is 29.2. The maximum Gasteiger partial charge on any atom is 0.333 e. The van der Waals surface area contributed by atoms with Crippen LogP contribution in [0.3, 0.4) is 0 Å². The van der Waals surface area contributed by atoms with Crippen LogP contribution in [0, 0.1) is 64.6 Å². The third-order valence-corrected chi connectivity index (χ3v) is 19.7. The third kappa shape index (κ3) is 17.6. The highest BCUT2D eigenvalue weighted by Crippen LogP contribution is 2.67. The molecule has 0 aromatic rings. The average molecular weight is 907 g/mol. The number of hydrogen-bond donors (Lipinski definition) is 0. The minimum absolute atomic E-state index is 0.162. The molecule has 0 aromatic heterocycles. The predicted octanol–water partition coefficient (Wildman–Crippen LogP) is 17.3. The molecule has 0 radical (unpaired) electrons. The van der Waals surface area contributed by atoms with Crippen LogP contribution in [0.15, 0.2) is 23.8 Å². The minimum atomic E-state index is -2.36. The second-order valence-electron chi connectivity index (χ2n) is 23.5. The Morgan fingerprint density at radius 2 is 1.47 bits per heavy atom. The van der Waals surface area contributed by atoms with Crippen LogP contribution >= 0.6 is 0 Å². The van der Waals surface area contributed by atoms with Crippen LogP contribution in [0.2, 0.25) is 13.1 Å². The third-order valence-electron chi connectivity index (χ3n) is 18.0. The van der Waals surface area contributed by atoms with Gasteiger partial charge in [-0.15, -0.1) is 6.42 Å². The van der Waals surface area contributed by atoms with E-state index in [-0.39, 0.29) is 12.4 Å². The van der Waals surface area contributed by atoms with E-state index in [4.69, 9.17) is 20.0 Å². The van der Waals surface area contributed by atoms with Crippen LogP contribution in [-0.4, -0.2) is 52.6 Å². The molecule has 0 bridgehead atoms. The summed E-state index contributed by atoms with van der Waals surface area (Å²) in [5.74, 6) is 8.86. The number of rotatable bonds is 34. The lowest BCUT2D eigenvalue weighted by Crippen LogP contribution is -2.51. The van der Waals surface area contributed by atoms with Crippen molar-refractivity contribution in [3.05, 3.63) is 23.8 Å². The smallest absolute Gasteiger partial charge is 0.333 e. The zero-order chi connectivity index (χ0) is 46.4. The molecule has 10 unspecified atom stereocenters. The summed E-state index contributed by atoms with van der Waals surface area (Å²) in [6.07, 6.45) is 51.0. The van der Waals surface area contributed by atoms with E-state index in [1.54, 1.807) is 5.57 Å². The largest absolute Gasteiger partial charge is 0.394 e. The van der Waals surface area contributed by atoms with Crippen molar-refractivity contribution in [3.8, 4) is 12.3 Å². The van der Waals surface area contributed by atoms with Gasteiger partial charge >= 0.3 is 8.56 Å². The number of hydrogen-bond acceptors (Lipinski definition) is 4. The van der Waals surface area contributed by atoms with Crippen molar-refractivity contribution in [2.45, 2.75) is 260 Å². The molecule has 0 aliphatic heterocycles. The maximum absolute atomic E-state index is 7.13. The molecule has 0 amide bonds. The van der Waals surface area contributed by atoms with E-state index < -0.39 is 8.56 Å². The summed E-state index contributed by atoms with van der Waals surface area (Å²) in [7, 11) is -0.244. The van der Waals surface area contributed by atoms with Crippen LogP contribution < -0.4 is 0 Å². The molecule has 0 aromatic carbocycles. The van der Waals surface area contributed by atoms with Gasteiger partial charge in [0, 0.05) is 6.61 Å². The van der Waals surface area contributed by atoms with Crippen LogP contribution in [0.4, 0.5) is 0 Å². The molecule has 5 heteroatoms. The summed E-state index contributed by atoms with van der Waals surface area (Å²) in [4.78, 5) is 2.23. The summed E-state index contributed by atoms with van der Waals surface area (Å²) >= 11 is 0. The van der Waals surface area contributed by atoms with Gasteiger partial charge in [0.2, 0.25) is 0 Å². The monoisotopic (exact) mass is 906 g/mol. The van der Waals surface area contributed by atoms with E-state index >= 15 is 0 Å². The van der Waals surface area contributed by atoms with Gasteiger partial charge in [0.05, 0.1) is 12.6 Å². The summed E-state index contributed by atoms with van der Waals surface area (Å²) in [5, 5.41) is 0. The second-order valence-corrected chi connectivity index (χ2v) is 26.8. The highest BCUT2D eigenvalue weighted by molar-refractivity contribution is 6.64. The van der Waals surface area contributed by atoms with Gasteiger partial charge in [0.15, 0.2) is 0 Å². The Hall–Kier alpha value is -0.903. The lowest BCUT2D eigenvalue weighted by Gasteiger charge is -2.58. The fourth-order valence-electron chi connectivity index (χ4n) is 13.9. The van der Waals surface area contributed by atoms with Crippen molar-refractivity contribution in [1.82, 2.24) is 4.90 Å². The van der Waals surface area contributed by atoms with E-state index in [0.29, 0.717) is 10.8 Å². The van der Waals surface area contributed by atoms with Gasteiger partial charge in [-0.1, -0.05) is 155 Å². The van der Waals surface area contributed by atoms with Crippen LogP contribution in [0.1, 0.15) is 235 Å². The number of fused-ring (bicyclic) bond motifs is 5. The van der Waals surface area contributed by atoms with Gasteiger partial charge in [-0.05, 0) is 188 Å². The fourth-order valence-corrected chi connectivity index (χ4v) is 15.4. The van der Waals surface area contributed by atoms with Gasteiger partial charge in [0.1, 0.15) is 6.29 Å². The molecule has 10 atom stereocenters. The van der Waals surface area contributed by atoms with Gasteiger partial charge in [0.25, 0.3) is 0 Å². The van der Waals surface area contributed by atoms with Gasteiger partial charge < -0.3 is 13.6 Å². The van der Waals surface area contributed by atoms with Gasteiger partial charge in [-0.2, -0.15) is 0 Å². The first-order chi connectivity index (χ1) is 30.8. The van der Waals surface area contributed by atoms with Crippen molar-refractivity contribution in [2.24, 2.45) is 52.3 Å². The van der Waals surface area contributed by atoms with Crippen LogP contribution in [0.5, 0.6) is 0 Å². The van der Waals surface area contributed by atoms with E-state index in [9.17, 15) is 0 Å². The Kier molecular flexibility index (Phi) is 25.4. The first-order valence-corrected chi connectivity index (χ1v) is 31.0. The Morgan fingerprint density at radius 1 is 0.797 bits per heavy atom. The highest BCUT2D eigenvalue weighted by atomic mass is 28.4. The zero-order valence-electron chi connectivity index (χ0n) is 44.3. The molecule has 0 saturated heterocycles. The molecule has 370 valence electrons. The normalized spacial score (nSPS) is 28.5. The quantitative estimate of drug-likeness (QED) is 0.0212. The van der Waals surface area contributed by atoms with Crippen molar-refractivity contribution in [3.63, 3.8) is 0 Å². The van der Waals surface area contributed by atoms with Crippen molar-refractivity contribution < 1.29 is 13.6 Å². The first kappa shape index (κ1) is 55.7. The number of ether oxygens (including phenoxy) is 1. The highest BCUT2D eigenvalue weighted by Gasteiger charge is 2.59. The maximum atomic E-state index is 7.13. The Bertz CT molecular complexity index is 1370. The molecule has 0 heterocycles. The van der Waals surface area contributed by atoms with Crippen molar-refractivity contribution in [1.29, 1.82) is 0 Å². The minimum Gasteiger partial charge on any atom is -0.394 e. The summed E-state index contributed by atoms with van der Waals surface area (Å²) < 4.78 is 20.7. The summed E-state index contributed by atoms with van der Waals surface area (Å²) in [6.45, 7) is 24.7. The molecule has 4 nitrogen and oxygen atoms in total. The summed E-state index contributed by atoms with van der Waals surface area (Å²) in [5.41, 5.74) is 2.61. The Labute approximate surface area is 400 Å². The molecule has 0 N–H and O–H groups in total.